The van der Waals surface area contributed by atoms with Crippen LogP contribution < -0.4 is 20.3 Å². The first kappa shape index (κ1) is 23.7. The molecule has 1 heterocycles. The third-order valence-electron chi connectivity index (χ3n) is 4.90. The Hall–Kier alpha value is -2.94. The standard InChI is InChI=1S/C23H25BrFN3O4/c1-14(2)11-26-23(31)15-9-22(30)28(12-15)17-4-6-18(7-5-17)32-13-21(29)27-20-8-3-16(24)10-19(20)25/h3-8,10,14-15H,9,11-13H2,1-2H3,(H,26,31)(H,27,29)/t15-/m0/s1. The second-order valence-corrected chi connectivity index (χ2v) is 8.91. The summed E-state index contributed by atoms with van der Waals surface area (Å²) in [6, 6.07) is 11.0. The highest BCUT2D eigenvalue weighted by molar-refractivity contribution is 9.10. The normalized spacial score (nSPS) is 15.7. The van der Waals surface area contributed by atoms with Gasteiger partial charge in [-0.05, 0) is 48.4 Å². The molecular formula is C23H25BrFN3O4. The van der Waals surface area contributed by atoms with Crippen molar-refractivity contribution in [2.75, 3.05) is 29.9 Å². The van der Waals surface area contributed by atoms with E-state index in [1.165, 1.54) is 12.1 Å². The Morgan fingerprint density at radius 1 is 1.22 bits per heavy atom. The lowest BCUT2D eigenvalue weighted by atomic mass is 10.1. The number of benzene rings is 2. The van der Waals surface area contributed by atoms with Crippen molar-refractivity contribution in [3.63, 3.8) is 0 Å². The van der Waals surface area contributed by atoms with Gasteiger partial charge in [-0.1, -0.05) is 29.8 Å². The molecule has 1 aliphatic heterocycles. The van der Waals surface area contributed by atoms with Gasteiger partial charge in [0.15, 0.2) is 6.61 Å². The molecule has 1 atom stereocenters. The van der Waals surface area contributed by atoms with E-state index < -0.39 is 11.7 Å². The number of nitrogens with zero attached hydrogens (tertiary/aromatic N) is 1. The molecule has 1 fully saturated rings. The van der Waals surface area contributed by atoms with E-state index in [4.69, 9.17) is 4.74 Å². The lowest BCUT2D eigenvalue weighted by Crippen LogP contribution is -2.35. The van der Waals surface area contributed by atoms with Gasteiger partial charge in [-0.25, -0.2) is 4.39 Å². The maximum absolute atomic E-state index is 13.8. The summed E-state index contributed by atoms with van der Waals surface area (Å²) in [6.07, 6.45) is 0.176. The maximum Gasteiger partial charge on any atom is 0.262 e. The number of halogens is 2. The minimum Gasteiger partial charge on any atom is -0.484 e. The molecule has 2 N–H and O–H groups in total. The van der Waals surface area contributed by atoms with Crippen LogP contribution in [-0.4, -0.2) is 37.4 Å². The molecule has 0 unspecified atom stereocenters. The van der Waals surface area contributed by atoms with Gasteiger partial charge in [0.2, 0.25) is 11.8 Å². The van der Waals surface area contributed by atoms with Crippen molar-refractivity contribution in [2.45, 2.75) is 20.3 Å². The largest absolute Gasteiger partial charge is 0.484 e. The summed E-state index contributed by atoms with van der Waals surface area (Å²) >= 11 is 3.16. The minimum absolute atomic E-state index is 0.0664. The van der Waals surface area contributed by atoms with Gasteiger partial charge in [0.25, 0.3) is 5.91 Å². The SMILES string of the molecule is CC(C)CNC(=O)[C@H]1CC(=O)N(c2ccc(OCC(=O)Nc3ccc(Br)cc3F)cc2)C1. The number of anilines is 2. The fraction of sp³-hybridized carbons (Fsp3) is 0.348. The number of amides is 3. The van der Waals surface area contributed by atoms with Gasteiger partial charge in [0.1, 0.15) is 11.6 Å². The Bertz CT molecular complexity index is 997. The molecule has 0 aliphatic carbocycles. The van der Waals surface area contributed by atoms with Gasteiger partial charge in [-0.2, -0.15) is 0 Å². The molecule has 0 radical (unpaired) electrons. The highest BCUT2D eigenvalue weighted by Crippen LogP contribution is 2.27. The Kier molecular flexibility index (Phi) is 7.84. The van der Waals surface area contributed by atoms with Crippen molar-refractivity contribution in [3.05, 3.63) is 52.8 Å². The van der Waals surface area contributed by atoms with Crippen LogP contribution in [0.2, 0.25) is 0 Å². The molecule has 0 aromatic heterocycles. The van der Waals surface area contributed by atoms with Gasteiger partial charge in [-0.3, -0.25) is 14.4 Å². The van der Waals surface area contributed by atoms with Crippen LogP contribution in [0.5, 0.6) is 5.75 Å². The van der Waals surface area contributed by atoms with E-state index in [0.717, 1.165) is 0 Å². The van der Waals surface area contributed by atoms with Crippen molar-refractivity contribution >= 4 is 45.0 Å². The Balaban J connectivity index is 1.52. The molecule has 170 valence electrons. The van der Waals surface area contributed by atoms with E-state index in [0.29, 0.717) is 34.9 Å². The number of hydrogen-bond donors (Lipinski definition) is 2. The van der Waals surface area contributed by atoms with Crippen LogP contribution in [-0.2, 0) is 14.4 Å². The van der Waals surface area contributed by atoms with E-state index in [2.05, 4.69) is 26.6 Å². The molecule has 0 spiro atoms. The van der Waals surface area contributed by atoms with Crippen molar-refractivity contribution in [1.82, 2.24) is 5.32 Å². The van der Waals surface area contributed by atoms with Crippen molar-refractivity contribution in [1.29, 1.82) is 0 Å². The Morgan fingerprint density at radius 2 is 1.94 bits per heavy atom. The van der Waals surface area contributed by atoms with E-state index in [1.54, 1.807) is 35.2 Å². The third-order valence-corrected chi connectivity index (χ3v) is 5.40. The molecule has 0 bridgehead atoms. The summed E-state index contributed by atoms with van der Waals surface area (Å²) in [4.78, 5) is 38.3. The number of carbonyl (C=O) groups excluding carboxylic acids is 3. The van der Waals surface area contributed by atoms with E-state index in [-0.39, 0.29) is 36.4 Å². The van der Waals surface area contributed by atoms with Crippen LogP contribution in [0.15, 0.2) is 46.9 Å². The third kappa shape index (κ3) is 6.29. The number of carbonyl (C=O) groups is 3. The Morgan fingerprint density at radius 3 is 2.59 bits per heavy atom. The Labute approximate surface area is 194 Å². The molecular weight excluding hydrogens is 481 g/mol. The number of nitrogens with one attached hydrogen (secondary N) is 2. The molecule has 7 nitrogen and oxygen atoms in total. The average molecular weight is 506 g/mol. The first-order valence-electron chi connectivity index (χ1n) is 10.3. The summed E-state index contributed by atoms with van der Waals surface area (Å²) in [6.45, 7) is 4.63. The smallest absolute Gasteiger partial charge is 0.262 e. The molecule has 3 amide bonds. The molecule has 32 heavy (non-hydrogen) atoms. The lowest BCUT2D eigenvalue weighted by molar-refractivity contribution is -0.126. The fourth-order valence-corrected chi connectivity index (χ4v) is 3.56. The highest BCUT2D eigenvalue weighted by atomic mass is 79.9. The second-order valence-electron chi connectivity index (χ2n) is 8.00. The van der Waals surface area contributed by atoms with Gasteiger partial charge < -0.3 is 20.3 Å². The first-order chi connectivity index (χ1) is 15.2. The van der Waals surface area contributed by atoms with Crippen LogP contribution in [0.1, 0.15) is 20.3 Å². The van der Waals surface area contributed by atoms with Crippen LogP contribution in [0.25, 0.3) is 0 Å². The summed E-state index contributed by atoms with van der Waals surface area (Å²) in [5, 5.41) is 5.33. The fourth-order valence-electron chi connectivity index (χ4n) is 3.23. The van der Waals surface area contributed by atoms with Crippen molar-refractivity contribution in [3.8, 4) is 5.75 Å². The lowest BCUT2D eigenvalue weighted by Gasteiger charge is -2.17. The molecule has 9 heteroatoms. The van der Waals surface area contributed by atoms with Gasteiger partial charge in [0, 0.05) is 29.7 Å². The molecule has 3 rings (SSSR count). The first-order valence-corrected chi connectivity index (χ1v) is 11.1. The van der Waals surface area contributed by atoms with Gasteiger partial charge >= 0.3 is 0 Å². The van der Waals surface area contributed by atoms with E-state index in [1.807, 2.05) is 13.8 Å². The van der Waals surface area contributed by atoms with Crippen LogP contribution in [0.3, 0.4) is 0 Å². The van der Waals surface area contributed by atoms with E-state index >= 15 is 0 Å². The van der Waals surface area contributed by atoms with Crippen LogP contribution in [0, 0.1) is 17.7 Å². The topological polar surface area (TPSA) is 87.7 Å². The molecule has 1 aliphatic rings. The van der Waals surface area contributed by atoms with Crippen molar-refractivity contribution < 1.29 is 23.5 Å². The number of rotatable bonds is 8. The summed E-state index contributed by atoms with van der Waals surface area (Å²) in [5.41, 5.74) is 0.722. The predicted octanol–water partition coefficient (Wildman–Crippen LogP) is 3.73. The zero-order valence-electron chi connectivity index (χ0n) is 17.9. The predicted molar refractivity (Wildman–Crippen MR) is 123 cm³/mol. The summed E-state index contributed by atoms with van der Waals surface area (Å²) < 4.78 is 19.8. The average Bonchev–Trinajstić information content (AvgIpc) is 3.14. The number of hydrogen-bond acceptors (Lipinski definition) is 4. The van der Waals surface area contributed by atoms with Crippen LogP contribution in [0.4, 0.5) is 15.8 Å². The highest BCUT2D eigenvalue weighted by Gasteiger charge is 2.35. The zero-order valence-corrected chi connectivity index (χ0v) is 19.4. The van der Waals surface area contributed by atoms with Gasteiger partial charge in [0.05, 0.1) is 11.6 Å². The quantitative estimate of drug-likeness (QED) is 0.572. The monoisotopic (exact) mass is 505 g/mol. The van der Waals surface area contributed by atoms with Gasteiger partial charge in [-0.15, -0.1) is 0 Å². The molecule has 0 saturated carbocycles. The summed E-state index contributed by atoms with van der Waals surface area (Å²) in [5.74, 6) is -0.876. The van der Waals surface area contributed by atoms with Crippen LogP contribution >= 0.6 is 15.9 Å². The second kappa shape index (κ2) is 10.6. The minimum atomic E-state index is -0.552. The zero-order chi connectivity index (χ0) is 23.3. The van der Waals surface area contributed by atoms with E-state index in [9.17, 15) is 18.8 Å². The summed E-state index contributed by atoms with van der Waals surface area (Å²) in [7, 11) is 0. The van der Waals surface area contributed by atoms with Crippen molar-refractivity contribution in [2.24, 2.45) is 11.8 Å². The molecule has 2 aromatic rings. The number of ether oxygens (including phenoxy) is 1. The molecule has 1 saturated heterocycles. The maximum atomic E-state index is 13.8. The molecule has 2 aromatic carbocycles.